The average Bonchev–Trinajstić information content (AvgIpc) is 3.61. The van der Waals surface area contributed by atoms with Gasteiger partial charge in [0.05, 0.1) is 33.5 Å². The van der Waals surface area contributed by atoms with Crippen molar-refractivity contribution in [3.8, 4) is 23.0 Å². The highest BCUT2D eigenvalue weighted by molar-refractivity contribution is 5.97. The summed E-state index contributed by atoms with van der Waals surface area (Å²) >= 11 is 0. The molecule has 2 saturated carbocycles. The third-order valence-electron chi connectivity index (χ3n) is 13.8. The summed E-state index contributed by atoms with van der Waals surface area (Å²) < 4.78 is 13.3. The first-order valence-corrected chi connectivity index (χ1v) is 17.5. The van der Waals surface area contributed by atoms with E-state index in [1.165, 1.54) is 0 Å². The summed E-state index contributed by atoms with van der Waals surface area (Å²) in [5.74, 6) is 1.11. The van der Waals surface area contributed by atoms with Crippen molar-refractivity contribution in [1.82, 2.24) is 9.80 Å². The minimum absolute atomic E-state index is 0.0885. The molecule has 10 nitrogen and oxygen atoms in total. The quantitative estimate of drug-likeness (QED) is 0.287. The summed E-state index contributed by atoms with van der Waals surface area (Å²) in [6.07, 6.45) is 7.42. The van der Waals surface area contributed by atoms with Gasteiger partial charge in [0.15, 0.2) is 35.2 Å². The van der Waals surface area contributed by atoms with Crippen molar-refractivity contribution in [2.75, 3.05) is 26.2 Å². The van der Waals surface area contributed by atoms with Crippen LogP contribution >= 0.6 is 0 Å². The van der Waals surface area contributed by atoms with Gasteiger partial charge in [-0.3, -0.25) is 9.80 Å². The summed E-state index contributed by atoms with van der Waals surface area (Å²) in [6, 6.07) is 7.18. The van der Waals surface area contributed by atoms with Crippen molar-refractivity contribution >= 4 is 11.4 Å². The monoisotopic (exact) mass is 650 g/mol. The standard InChI is InChI=1S/C38H42N4O6/c1-3-15-41-17-13-35-29-21-5-7-25(43)31(29)47-33(35)23(9-11-37(35,45)27(41)19-21)39-40-24-10-12-38(46)28-20-22-6-8-26(44)32-30(22)36(38,34(24)48-32)14-18-42(28)16-4-2/h3-8,27-28,33-34,43-46H,1-2,9-20H2/b39-23+,40-24+/t27-,28-,33-,34+,35-,36+,37+,38+/m1/s1. The fourth-order valence-electron chi connectivity index (χ4n) is 12.0. The van der Waals surface area contributed by atoms with Crippen LogP contribution in [0.5, 0.6) is 23.0 Å². The van der Waals surface area contributed by atoms with Crippen molar-refractivity contribution in [3.63, 3.8) is 0 Å². The Bertz CT molecular complexity index is 1740. The smallest absolute Gasteiger partial charge is 0.166 e. The second kappa shape index (κ2) is 9.50. The van der Waals surface area contributed by atoms with E-state index in [9.17, 15) is 20.4 Å². The van der Waals surface area contributed by atoms with Crippen LogP contribution in [0.25, 0.3) is 0 Å². The normalized spacial score (nSPS) is 41.4. The van der Waals surface area contributed by atoms with E-state index in [1.807, 2.05) is 24.3 Å². The predicted molar refractivity (Wildman–Crippen MR) is 179 cm³/mol. The maximum absolute atomic E-state index is 12.7. The molecule has 250 valence electrons. The molecule has 2 aromatic carbocycles. The van der Waals surface area contributed by atoms with Crippen LogP contribution in [0.15, 0.2) is 59.8 Å². The van der Waals surface area contributed by atoms with E-state index in [4.69, 9.17) is 19.7 Å². The zero-order valence-corrected chi connectivity index (χ0v) is 27.1. The average molecular weight is 651 g/mol. The van der Waals surface area contributed by atoms with Gasteiger partial charge in [-0.05, 0) is 74.6 Å². The van der Waals surface area contributed by atoms with Crippen LogP contribution < -0.4 is 9.47 Å². The van der Waals surface area contributed by atoms with Gasteiger partial charge < -0.3 is 29.9 Å². The van der Waals surface area contributed by atoms with E-state index < -0.39 is 34.2 Å². The van der Waals surface area contributed by atoms with Crippen molar-refractivity contribution in [2.24, 2.45) is 10.2 Å². The number of rotatable bonds is 5. The number of aliphatic hydroxyl groups is 2. The third-order valence-corrected chi connectivity index (χ3v) is 13.8. The lowest BCUT2D eigenvalue weighted by Crippen LogP contribution is -2.76. The number of benzene rings is 2. The van der Waals surface area contributed by atoms with Gasteiger partial charge in [-0.2, -0.15) is 10.2 Å². The maximum Gasteiger partial charge on any atom is 0.166 e. The van der Waals surface area contributed by atoms with E-state index in [1.54, 1.807) is 12.1 Å². The summed E-state index contributed by atoms with van der Waals surface area (Å²) in [5.41, 5.74) is 1.99. The van der Waals surface area contributed by atoms with Crippen LogP contribution in [0.2, 0.25) is 0 Å². The minimum atomic E-state index is -1.06. The molecule has 4 heterocycles. The highest BCUT2D eigenvalue weighted by Crippen LogP contribution is 2.66. The van der Waals surface area contributed by atoms with E-state index in [0.29, 0.717) is 76.0 Å². The van der Waals surface area contributed by atoms with Crippen LogP contribution in [-0.2, 0) is 23.7 Å². The molecule has 4 N–H and O–H groups in total. The predicted octanol–water partition coefficient (Wildman–Crippen LogP) is 3.28. The second-order valence-corrected chi connectivity index (χ2v) is 15.4. The zero-order chi connectivity index (χ0) is 32.8. The molecule has 0 unspecified atom stereocenters. The number of aromatic hydroxyl groups is 2. The summed E-state index contributed by atoms with van der Waals surface area (Å²) in [6.45, 7) is 10.9. The molecule has 4 bridgehead atoms. The summed E-state index contributed by atoms with van der Waals surface area (Å²) in [7, 11) is 0. The minimum Gasteiger partial charge on any atom is -0.504 e. The van der Waals surface area contributed by atoms with E-state index in [-0.39, 0.29) is 23.6 Å². The number of hydrogen-bond donors (Lipinski definition) is 4. The van der Waals surface area contributed by atoms with Gasteiger partial charge >= 0.3 is 0 Å². The van der Waals surface area contributed by atoms with E-state index in [0.717, 1.165) is 46.8 Å². The maximum atomic E-state index is 12.7. The lowest BCUT2D eigenvalue weighted by atomic mass is 9.48. The largest absolute Gasteiger partial charge is 0.504 e. The topological polar surface area (TPSA) is 131 Å². The fraction of sp³-hybridized carbons (Fsp3) is 0.526. The third kappa shape index (κ3) is 3.15. The molecular weight excluding hydrogens is 608 g/mol. The molecule has 0 aromatic heterocycles. The van der Waals surface area contributed by atoms with Crippen LogP contribution in [0, 0.1) is 0 Å². The number of piperidine rings is 2. The molecule has 2 spiro atoms. The highest BCUT2D eigenvalue weighted by Gasteiger charge is 2.74. The number of hydrogen-bond acceptors (Lipinski definition) is 10. The molecule has 4 aliphatic heterocycles. The van der Waals surface area contributed by atoms with Gasteiger partial charge in [-0.1, -0.05) is 24.3 Å². The number of likely N-dealkylation sites (tertiary alicyclic amines) is 2. The molecular formula is C38H42N4O6. The number of phenolic OH excluding ortho intramolecular Hbond substituents is 2. The van der Waals surface area contributed by atoms with E-state index in [2.05, 4.69) is 23.0 Å². The van der Waals surface area contributed by atoms with Gasteiger partial charge in [0.2, 0.25) is 0 Å². The highest BCUT2D eigenvalue weighted by atomic mass is 16.5. The van der Waals surface area contributed by atoms with Crippen molar-refractivity contribution < 1.29 is 29.9 Å². The lowest BCUT2D eigenvalue weighted by Gasteiger charge is -2.63. The van der Waals surface area contributed by atoms with Crippen LogP contribution in [0.3, 0.4) is 0 Å². The Morgan fingerprint density at radius 1 is 0.708 bits per heavy atom. The molecule has 0 radical (unpaired) electrons. The van der Waals surface area contributed by atoms with Crippen LogP contribution in [0.1, 0.15) is 60.8 Å². The van der Waals surface area contributed by atoms with Gasteiger partial charge in [0, 0.05) is 49.4 Å². The molecule has 2 aromatic rings. The molecule has 48 heavy (non-hydrogen) atoms. The van der Waals surface area contributed by atoms with Gasteiger partial charge in [0.1, 0.15) is 0 Å². The Balaban J connectivity index is 1.08. The van der Waals surface area contributed by atoms with Crippen LogP contribution in [0.4, 0.5) is 0 Å². The fourth-order valence-corrected chi connectivity index (χ4v) is 12.0. The first-order valence-electron chi connectivity index (χ1n) is 17.5. The molecule has 2 saturated heterocycles. The van der Waals surface area contributed by atoms with E-state index >= 15 is 0 Å². The first-order chi connectivity index (χ1) is 23.2. The molecule has 10 rings (SSSR count). The number of phenols is 2. The Hall–Kier alpha value is -3.70. The van der Waals surface area contributed by atoms with Crippen molar-refractivity contribution in [1.29, 1.82) is 0 Å². The lowest BCUT2D eigenvalue weighted by molar-refractivity contribution is -0.164. The molecule has 8 atom stereocenters. The molecule has 10 heteroatoms. The Morgan fingerprint density at radius 2 is 1.15 bits per heavy atom. The SMILES string of the molecule is C=CCN1CC[C@]23c4c5ccc(O)c4O[C@H]2/C(=N/N=C2\CC[C@]4(O)[C@H]6Cc7ccc(O)c8c7[C@]4(CCN6CC=C)[C@@H]2O8)CC[C@]3(O)[C@H]1C5. The summed E-state index contributed by atoms with van der Waals surface area (Å²) in [5, 5.41) is 57.4. The summed E-state index contributed by atoms with van der Waals surface area (Å²) in [4.78, 5) is 4.68. The molecule has 0 amide bonds. The zero-order valence-electron chi connectivity index (χ0n) is 27.1. The van der Waals surface area contributed by atoms with Gasteiger partial charge in [-0.15, -0.1) is 13.2 Å². The second-order valence-electron chi connectivity index (χ2n) is 15.4. The number of nitrogens with zero attached hydrogens (tertiary/aromatic N) is 4. The molecule has 8 aliphatic rings. The Kier molecular flexibility index (Phi) is 5.79. The molecule has 4 fully saturated rings. The molecule has 4 aliphatic carbocycles. The van der Waals surface area contributed by atoms with Crippen molar-refractivity contribution in [2.45, 2.75) is 97.7 Å². The van der Waals surface area contributed by atoms with Crippen LogP contribution in [-0.4, -0.2) is 103 Å². The van der Waals surface area contributed by atoms with Gasteiger partial charge in [-0.25, -0.2) is 0 Å². The Labute approximate surface area is 279 Å². The number of ether oxygens (including phenoxy) is 2. The van der Waals surface area contributed by atoms with Crippen molar-refractivity contribution in [3.05, 3.63) is 71.8 Å². The Morgan fingerprint density at radius 3 is 1.56 bits per heavy atom. The van der Waals surface area contributed by atoms with Gasteiger partial charge in [0.25, 0.3) is 0 Å². The first kappa shape index (κ1) is 29.2.